The minimum atomic E-state index is 0.168. The number of hydrogen-bond acceptors (Lipinski definition) is 6. The van der Waals surface area contributed by atoms with Crippen molar-refractivity contribution in [2.45, 2.75) is 6.54 Å². The van der Waals surface area contributed by atoms with E-state index in [2.05, 4.69) is 25.6 Å². The lowest BCUT2D eigenvalue weighted by Gasteiger charge is -2.04. The first-order valence-corrected chi connectivity index (χ1v) is 8.09. The second kappa shape index (κ2) is 7.02. The summed E-state index contributed by atoms with van der Waals surface area (Å²) in [5.74, 6) is 0.725. The van der Waals surface area contributed by atoms with Crippen molar-refractivity contribution in [1.29, 1.82) is 0 Å². The van der Waals surface area contributed by atoms with Gasteiger partial charge in [-0.05, 0) is 17.7 Å². The van der Waals surface area contributed by atoms with E-state index in [0.717, 1.165) is 16.6 Å². The van der Waals surface area contributed by atoms with Gasteiger partial charge in [-0.2, -0.15) is 10.2 Å². The molecule has 2 aromatic carbocycles. The lowest BCUT2D eigenvalue weighted by atomic mass is 10.2. The van der Waals surface area contributed by atoms with Gasteiger partial charge in [-0.25, -0.2) is 14.6 Å². The summed E-state index contributed by atoms with van der Waals surface area (Å²) in [4.78, 5) is 8.56. The van der Waals surface area contributed by atoms with E-state index in [1.165, 1.54) is 12.5 Å². The highest BCUT2D eigenvalue weighted by molar-refractivity contribution is 5.88. The molecule has 128 valence electrons. The molecule has 0 atom stereocenters. The van der Waals surface area contributed by atoms with Crippen LogP contribution in [0, 0.1) is 0 Å². The molecule has 0 aliphatic carbocycles. The van der Waals surface area contributed by atoms with Crippen molar-refractivity contribution >= 4 is 23.1 Å². The van der Waals surface area contributed by atoms with Crippen molar-refractivity contribution in [2.75, 3.05) is 5.43 Å². The Morgan fingerprint density at radius 3 is 2.69 bits per heavy atom. The van der Waals surface area contributed by atoms with Crippen molar-refractivity contribution < 1.29 is 5.11 Å². The first kappa shape index (κ1) is 15.8. The Hall–Kier alpha value is -3.74. The Bertz CT molecular complexity index is 1060. The lowest BCUT2D eigenvalue weighted by molar-refractivity contribution is 0.474. The largest absolute Gasteiger partial charge is 0.507 e. The van der Waals surface area contributed by atoms with Gasteiger partial charge in [0.1, 0.15) is 12.1 Å². The zero-order valence-corrected chi connectivity index (χ0v) is 13.8. The molecular weight excluding hydrogens is 328 g/mol. The fourth-order valence-corrected chi connectivity index (χ4v) is 2.61. The number of rotatable bonds is 5. The van der Waals surface area contributed by atoms with Gasteiger partial charge in [0.25, 0.3) is 0 Å². The maximum atomic E-state index is 9.76. The molecule has 0 spiro atoms. The fourth-order valence-electron chi connectivity index (χ4n) is 2.61. The van der Waals surface area contributed by atoms with Gasteiger partial charge in [-0.3, -0.25) is 5.43 Å². The average Bonchev–Trinajstić information content (AvgIpc) is 3.08. The summed E-state index contributed by atoms with van der Waals surface area (Å²) in [6.07, 6.45) is 4.73. The van der Waals surface area contributed by atoms with Crippen LogP contribution >= 0.6 is 0 Å². The molecule has 4 rings (SSSR count). The molecule has 0 amide bonds. The topological polar surface area (TPSA) is 88.2 Å². The Kier molecular flexibility index (Phi) is 4.26. The molecule has 0 saturated heterocycles. The van der Waals surface area contributed by atoms with Crippen molar-refractivity contribution in [3.8, 4) is 5.75 Å². The highest BCUT2D eigenvalue weighted by Crippen LogP contribution is 2.20. The standard InChI is InChI=1S/C19H16N6O/c26-17-9-5-4-8-15(17)10-22-24-18-16-11-23-25(19(16)21-13-20-18)12-14-6-2-1-3-7-14/h1-11,13,26H,12H2,(H,20,21,24)/b22-10-. The number of hydrazone groups is 1. The van der Waals surface area contributed by atoms with Crippen LogP contribution in [0.1, 0.15) is 11.1 Å². The van der Waals surface area contributed by atoms with Gasteiger partial charge in [-0.15, -0.1) is 0 Å². The molecule has 0 aliphatic heterocycles. The normalized spacial score (nSPS) is 11.2. The molecule has 7 heteroatoms. The molecule has 0 bridgehead atoms. The van der Waals surface area contributed by atoms with Crippen molar-refractivity contribution in [2.24, 2.45) is 5.10 Å². The Morgan fingerprint density at radius 2 is 1.85 bits per heavy atom. The van der Waals surface area contributed by atoms with Crippen LogP contribution in [0.5, 0.6) is 5.75 Å². The van der Waals surface area contributed by atoms with Gasteiger partial charge in [-0.1, -0.05) is 42.5 Å². The number of phenols is 1. The summed E-state index contributed by atoms with van der Waals surface area (Å²) in [5, 5.41) is 19.1. The Morgan fingerprint density at radius 1 is 1.04 bits per heavy atom. The van der Waals surface area contributed by atoms with Crippen LogP contribution in [0.2, 0.25) is 0 Å². The molecular formula is C19H16N6O. The molecule has 0 aliphatic rings. The number of benzene rings is 2. The van der Waals surface area contributed by atoms with Gasteiger partial charge in [0.15, 0.2) is 11.5 Å². The summed E-state index contributed by atoms with van der Waals surface area (Å²) in [7, 11) is 0. The SMILES string of the molecule is Oc1ccccc1/C=N\Nc1ncnc2c1cnn2Cc1ccccc1. The van der Waals surface area contributed by atoms with Gasteiger partial charge in [0.05, 0.1) is 24.3 Å². The second-order valence-electron chi connectivity index (χ2n) is 5.68. The Labute approximate surface area is 149 Å². The van der Waals surface area contributed by atoms with Crippen LogP contribution in [-0.4, -0.2) is 31.1 Å². The van der Waals surface area contributed by atoms with Crippen molar-refractivity contribution in [3.05, 3.63) is 78.2 Å². The average molecular weight is 344 g/mol. The summed E-state index contributed by atoms with van der Waals surface area (Å²) in [6.45, 7) is 0.627. The number of hydrogen-bond donors (Lipinski definition) is 2. The molecule has 4 aromatic rings. The third kappa shape index (κ3) is 3.23. The van der Waals surface area contributed by atoms with E-state index in [4.69, 9.17) is 0 Å². The quantitative estimate of drug-likeness (QED) is 0.429. The third-order valence-electron chi connectivity index (χ3n) is 3.92. The maximum absolute atomic E-state index is 9.76. The molecule has 0 saturated carbocycles. The minimum Gasteiger partial charge on any atom is -0.507 e. The van der Waals surface area contributed by atoms with Gasteiger partial charge in [0, 0.05) is 5.56 Å². The summed E-state index contributed by atoms with van der Waals surface area (Å²) >= 11 is 0. The monoisotopic (exact) mass is 344 g/mol. The van der Waals surface area contributed by atoms with E-state index in [9.17, 15) is 5.11 Å². The summed E-state index contributed by atoms with van der Waals surface area (Å²) < 4.78 is 1.82. The van der Waals surface area contributed by atoms with Crippen molar-refractivity contribution in [1.82, 2.24) is 19.7 Å². The molecule has 0 fully saturated rings. The zero-order chi connectivity index (χ0) is 17.8. The number of aromatic hydroxyl groups is 1. The molecule has 7 nitrogen and oxygen atoms in total. The predicted octanol–water partition coefficient (Wildman–Crippen LogP) is 3.03. The van der Waals surface area contributed by atoms with Gasteiger partial charge >= 0.3 is 0 Å². The highest BCUT2D eigenvalue weighted by Gasteiger charge is 2.09. The van der Waals surface area contributed by atoms with Crippen LogP contribution < -0.4 is 5.43 Å². The summed E-state index contributed by atoms with van der Waals surface area (Å²) in [5.41, 5.74) is 5.38. The fraction of sp³-hybridized carbons (Fsp3) is 0.0526. The van der Waals surface area contributed by atoms with Crippen LogP contribution in [0.3, 0.4) is 0 Å². The first-order valence-electron chi connectivity index (χ1n) is 8.09. The lowest BCUT2D eigenvalue weighted by Crippen LogP contribution is -2.03. The number of nitrogens with one attached hydrogen (secondary N) is 1. The van der Waals surface area contributed by atoms with Crippen LogP contribution in [0.4, 0.5) is 5.82 Å². The van der Waals surface area contributed by atoms with E-state index in [1.807, 2.05) is 41.1 Å². The molecule has 0 radical (unpaired) electrons. The van der Waals surface area contributed by atoms with E-state index in [1.54, 1.807) is 24.4 Å². The van der Waals surface area contributed by atoms with Crippen LogP contribution in [0.15, 0.2) is 72.2 Å². The molecule has 2 aromatic heterocycles. The number of anilines is 1. The van der Waals surface area contributed by atoms with E-state index < -0.39 is 0 Å². The number of phenolic OH excluding ortho intramolecular Hbond substituents is 1. The number of para-hydroxylation sites is 1. The smallest absolute Gasteiger partial charge is 0.163 e. The highest BCUT2D eigenvalue weighted by atomic mass is 16.3. The van der Waals surface area contributed by atoms with E-state index in [0.29, 0.717) is 17.9 Å². The van der Waals surface area contributed by atoms with E-state index >= 15 is 0 Å². The van der Waals surface area contributed by atoms with Gasteiger partial charge in [0.2, 0.25) is 0 Å². The van der Waals surface area contributed by atoms with Gasteiger partial charge < -0.3 is 5.11 Å². The minimum absolute atomic E-state index is 0.168. The van der Waals surface area contributed by atoms with Crippen molar-refractivity contribution in [3.63, 3.8) is 0 Å². The number of fused-ring (bicyclic) bond motifs is 1. The first-order chi connectivity index (χ1) is 12.8. The molecule has 26 heavy (non-hydrogen) atoms. The number of nitrogens with zero attached hydrogens (tertiary/aromatic N) is 5. The van der Waals surface area contributed by atoms with Crippen LogP contribution in [-0.2, 0) is 6.54 Å². The summed E-state index contributed by atoms with van der Waals surface area (Å²) in [6, 6.07) is 17.0. The Balaban J connectivity index is 1.58. The molecule has 0 unspecified atom stereocenters. The predicted molar refractivity (Wildman–Crippen MR) is 100 cm³/mol. The number of aromatic nitrogens is 4. The van der Waals surface area contributed by atoms with Crippen LogP contribution in [0.25, 0.3) is 11.0 Å². The van der Waals surface area contributed by atoms with E-state index in [-0.39, 0.29) is 5.75 Å². The molecule has 2 heterocycles. The third-order valence-corrected chi connectivity index (χ3v) is 3.92. The zero-order valence-electron chi connectivity index (χ0n) is 13.8. The second-order valence-corrected chi connectivity index (χ2v) is 5.68. The molecule has 2 N–H and O–H groups in total. The maximum Gasteiger partial charge on any atom is 0.163 e.